The van der Waals surface area contributed by atoms with Gasteiger partial charge in [-0.2, -0.15) is 0 Å². The number of benzene rings is 1. The summed E-state index contributed by atoms with van der Waals surface area (Å²) in [6, 6.07) is 4.86. The number of carboxylic acid groups (broad SMARTS) is 1. The van der Waals surface area contributed by atoms with E-state index < -0.39 is 27.7 Å². The molecule has 1 aromatic carbocycles. The van der Waals surface area contributed by atoms with Crippen LogP contribution in [0.3, 0.4) is 0 Å². The molecule has 0 bridgehead atoms. The van der Waals surface area contributed by atoms with E-state index in [4.69, 9.17) is 9.84 Å². The summed E-state index contributed by atoms with van der Waals surface area (Å²) in [7, 11) is -4.20. The van der Waals surface area contributed by atoms with Crippen LogP contribution in [-0.4, -0.2) is 42.0 Å². The van der Waals surface area contributed by atoms with Crippen molar-refractivity contribution in [2.45, 2.75) is 44.6 Å². The lowest BCUT2D eigenvalue weighted by atomic mass is 10.2. The van der Waals surface area contributed by atoms with Gasteiger partial charge in [0.2, 0.25) is 0 Å². The van der Waals surface area contributed by atoms with Crippen LogP contribution in [-0.2, 0) is 14.8 Å². The van der Waals surface area contributed by atoms with Crippen molar-refractivity contribution in [1.82, 2.24) is 4.31 Å². The maximum atomic E-state index is 12.7. The summed E-state index contributed by atoms with van der Waals surface area (Å²) in [6.45, 7) is 6.56. The number of carbonyl (C=O) groups excluding carboxylic acids is 1. The van der Waals surface area contributed by atoms with Gasteiger partial charge in [-0.1, -0.05) is 13.0 Å². The number of carbonyl (C=O) groups is 2. The summed E-state index contributed by atoms with van der Waals surface area (Å²) >= 11 is 0. The molecule has 1 N–H and O–H groups in total. The predicted molar refractivity (Wildman–Crippen MR) is 83.8 cm³/mol. The Morgan fingerprint density at radius 2 is 1.87 bits per heavy atom. The van der Waals surface area contributed by atoms with Crippen LogP contribution in [0.4, 0.5) is 4.79 Å². The van der Waals surface area contributed by atoms with Gasteiger partial charge in [0.15, 0.2) is 0 Å². The zero-order chi connectivity index (χ0) is 17.8. The van der Waals surface area contributed by atoms with Gasteiger partial charge >= 0.3 is 12.1 Å². The monoisotopic (exact) mass is 343 g/mol. The lowest BCUT2D eigenvalue weighted by molar-refractivity contribution is 0.0391. The minimum absolute atomic E-state index is 0.0610. The predicted octanol–water partition coefficient (Wildman–Crippen LogP) is 2.72. The number of nitrogens with zero attached hydrogens (tertiary/aromatic N) is 1. The van der Waals surface area contributed by atoms with Gasteiger partial charge in [-0.05, 0) is 45.4 Å². The fourth-order valence-corrected chi connectivity index (χ4v) is 3.18. The number of sulfonamides is 1. The molecular formula is C15H21NO6S. The van der Waals surface area contributed by atoms with E-state index in [1.54, 1.807) is 27.7 Å². The second kappa shape index (κ2) is 6.99. The third-order valence-corrected chi connectivity index (χ3v) is 4.45. The first-order valence-electron chi connectivity index (χ1n) is 7.08. The molecule has 0 aliphatic rings. The van der Waals surface area contributed by atoms with Crippen LogP contribution in [0.15, 0.2) is 29.2 Å². The number of rotatable bonds is 5. The topological polar surface area (TPSA) is 101 Å². The van der Waals surface area contributed by atoms with E-state index in [2.05, 4.69) is 0 Å². The molecule has 23 heavy (non-hydrogen) atoms. The van der Waals surface area contributed by atoms with Gasteiger partial charge in [0.1, 0.15) is 5.60 Å². The van der Waals surface area contributed by atoms with Crippen molar-refractivity contribution >= 4 is 22.1 Å². The van der Waals surface area contributed by atoms with Crippen LogP contribution >= 0.6 is 0 Å². The quantitative estimate of drug-likeness (QED) is 0.882. The zero-order valence-electron chi connectivity index (χ0n) is 13.6. The molecule has 0 aliphatic carbocycles. The van der Waals surface area contributed by atoms with E-state index >= 15 is 0 Å². The van der Waals surface area contributed by atoms with Crippen LogP contribution in [0.5, 0.6) is 0 Å². The Labute approximate surface area is 135 Å². The Morgan fingerprint density at radius 3 is 2.35 bits per heavy atom. The molecular weight excluding hydrogens is 322 g/mol. The molecule has 0 radical (unpaired) electrons. The summed E-state index contributed by atoms with van der Waals surface area (Å²) in [4.78, 5) is 22.9. The van der Waals surface area contributed by atoms with Crippen molar-refractivity contribution in [2.24, 2.45) is 0 Å². The number of hydrogen-bond acceptors (Lipinski definition) is 5. The lowest BCUT2D eigenvalue weighted by Crippen LogP contribution is -2.41. The highest BCUT2D eigenvalue weighted by atomic mass is 32.2. The molecule has 0 heterocycles. The maximum Gasteiger partial charge on any atom is 0.424 e. The van der Waals surface area contributed by atoms with Crippen molar-refractivity contribution in [1.29, 1.82) is 0 Å². The molecule has 8 heteroatoms. The van der Waals surface area contributed by atoms with Gasteiger partial charge < -0.3 is 9.84 Å². The van der Waals surface area contributed by atoms with Crippen molar-refractivity contribution < 1.29 is 27.9 Å². The van der Waals surface area contributed by atoms with Gasteiger partial charge in [-0.3, -0.25) is 0 Å². The van der Waals surface area contributed by atoms with Crippen LogP contribution in [0.2, 0.25) is 0 Å². The first-order valence-corrected chi connectivity index (χ1v) is 8.52. The molecule has 0 unspecified atom stereocenters. The second-order valence-electron chi connectivity index (χ2n) is 5.89. The van der Waals surface area contributed by atoms with E-state index in [0.717, 1.165) is 6.07 Å². The highest BCUT2D eigenvalue weighted by molar-refractivity contribution is 7.89. The molecule has 1 amide bonds. The van der Waals surface area contributed by atoms with Gasteiger partial charge in [-0.15, -0.1) is 0 Å². The first kappa shape index (κ1) is 19.0. The smallest absolute Gasteiger partial charge is 0.424 e. The molecule has 0 fully saturated rings. The molecule has 0 aromatic heterocycles. The SMILES string of the molecule is CCCN(C(=O)OC(C)(C)C)S(=O)(=O)c1cccc(C(=O)O)c1. The minimum Gasteiger partial charge on any atom is -0.478 e. The largest absolute Gasteiger partial charge is 0.478 e. The van der Waals surface area contributed by atoms with Crippen LogP contribution in [0, 0.1) is 0 Å². The second-order valence-corrected chi connectivity index (χ2v) is 7.75. The summed E-state index contributed by atoms with van der Waals surface area (Å²) in [5.74, 6) is -1.25. The normalized spacial score (nSPS) is 11.8. The molecule has 0 saturated heterocycles. The van der Waals surface area contributed by atoms with Gasteiger partial charge in [0.05, 0.1) is 10.5 Å². The fraction of sp³-hybridized carbons (Fsp3) is 0.467. The van der Waals surface area contributed by atoms with Crippen molar-refractivity contribution in [3.8, 4) is 0 Å². The van der Waals surface area contributed by atoms with E-state index in [9.17, 15) is 18.0 Å². The Balaban J connectivity index is 3.26. The molecule has 0 atom stereocenters. The Morgan fingerprint density at radius 1 is 1.26 bits per heavy atom. The molecule has 1 aromatic rings. The van der Waals surface area contributed by atoms with E-state index in [1.807, 2.05) is 0 Å². The van der Waals surface area contributed by atoms with E-state index in [-0.39, 0.29) is 17.0 Å². The highest BCUT2D eigenvalue weighted by Crippen LogP contribution is 2.20. The Kier molecular flexibility index (Phi) is 5.76. The summed E-state index contributed by atoms with van der Waals surface area (Å²) in [6.07, 6.45) is -0.586. The van der Waals surface area contributed by atoms with Gasteiger partial charge in [0.25, 0.3) is 10.0 Å². The number of hydrogen-bond donors (Lipinski definition) is 1. The summed E-state index contributed by atoms with van der Waals surface area (Å²) in [5, 5.41) is 8.98. The lowest BCUT2D eigenvalue weighted by Gasteiger charge is -2.26. The summed E-state index contributed by atoms with van der Waals surface area (Å²) < 4.78 is 31.1. The van der Waals surface area contributed by atoms with Crippen molar-refractivity contribution in [3.05, 3.63) is 29.8 Å². The van der Waals surface area contributed by atoms with Crippen molar-refractivity contribution in [2.75, 3.05) is 6.54 Å². The number of ether oxygens (including phenoxy) is 1. The average Bonchev–Trinajstić information content (AvgIpc) is 2.42. The van der Waals surface area contributed by atoms with E-state index in [1.165, 1.54) is 18.2 Å². The fourth-order valence-electron chi connectivity index (χ4n) is 1.74. The Hall–Kier alpha value is -2.09. The number of carboxylic acids is 1. The van der Waals surface area contributed by atoms with Crippen LogP contribution < -0.4 is 0 Å². The molecule has 128 valence electrons. The zero-order valence-corrected chi connectivity index (χ0v) is 14.4. The van der Waals surface area contributed by atoms with Crippen LogP contribution in [0.25, 0.3) is 0 Å². The minimum atomic E-state index is -4.20. The average molecular weight is 343 g/mol. The van der Waals surface area contributed by atoms with Crippen LogP contribution in [0.1, 0.15) is 44.5 Å². The van der Waals surface area contributed by atoms with E-state index in [0.29, 0.717) is 10.7 Å². The molecule has 7 nitrogen and oxygen atoms in total. The Bertz CT molecular complexity index is 690. The van der Waals surface area contributed by atoms with Gasteiger partial charge in [-0.25, -0.2) is 22.3 Å². The standard InChI is InChI=1S/C15H21NO6S/c1-5-9-16(14(19)22-15(2,3)4)23(20,21)12-8-6-7-11(10-12)13(17)18/h6-8,10H,5,9H2,1-4H3,(H,17,18). The third-order valence-electron chi connectivity index (χ3n) is 2.69. The molecule has 0 saturated carbocycles. The van der Waals surface area contributed by atoms with Gasteiger partial charge in [0, 0.05) is 6.54 Å². The molecule has 0 spiro atoms. The first-order chi connectivity index (χ1) is 10.5. The molecule has 1 rings (SSSR count). The number of amides is 1. The maximum absolute atomic E-state index is 12.7. The molecule has 0 aliphatic heterocycles. The highest BCUT2D eigenvalue weighted by Gasteiger charge is 2.32. The van der Waals surface area contributed by atoms with Crippen molar-refractivity contribution in [3.63, 3.8) is 0 Å². The summed E-state index contributed by atoms with van der Waals surface area (Å²) in [5.41, 5.74) is -1.02. The third kappa shape index (κ3) is 4.95. The number of aromatic carboxylic acids is 1.